The molecule has 4 nitrogen and oxygen atoms in total. The summed E-state index contributed by atoms with van der Waals surface area (Å²) in [6.45, 7) is 0. The molecule has 62 heavy (non-hydrogen) atoms. The van der Waals surface area contributed by atoms with Gasteiger partial charge in [-0.2, -0.15) is 0 Å². The zero-order valence-electron chi connectivity index (χ0n) is 33.6. The van der Waals surface area contributed by atoms with E-state index in [9.17, 15) is 0 Å². The molecule has 0 atom stereocenters. The van der Waals surface area contributed by atoms with Gasteiger partial charge in [-0.3, -0.25) is 0 Å². The van der Waals surface area contributed by atoms with Crippen LogP contribution in [0.1, 0.15) is 0 Å². The van der Waals surface area contributed by atoms with Crippen molar-refractivity contribution in [2.75, 3.05) is 0 Å². The van der Waals surface area contributed by atoms with E-state index in [1.807, 2.05) is 12.1 Å². The molecule has 0 unspecified atom stereocenters. The van der Waals surface area contributed by atoms with E-state index in [4.69, 9.17) is 9.97 Å². The molecular weight excluding hydrogens is 753 g/mol. The zero-order chi connectivity index (χ0) is 40.7. The lowest BCUT2D eigenvalue weighted by atomic mass is 10.0. The van der Waals surface area contributed by atoms with E-state index in [-0.39, 0.29) is 0 Å². The van der Waals surface area contributed by atoms with Gasteiger partial charge in [0.05, 0.1) is 44.8 Å². The van der Waals surface area contributed by atoms with Gasteiger partial charge in [-0.1, -0.05) is 170 Å². The summed E-state index contributed by atoms with van der Waals surface area (Å²) in [7, 11) is 0. The van der Waals surface area contributed by atoms with Crippen LogP contribution in [-0.2, 0) is 0 Å². The van der Waals surface area contributed by atoms with Gasteiger partial charge in [0, 0.05) is 49.0 Å². The van der Waals surface area contributed by atoms with E-state index in [2.05, 4.69) is 215 Å². The predicted molar refractivity (Wildman–Crippen MR) is 260 cm³/mol. The smallest absolute Gasteiger partial charge is 0.160 e. The molecule has 4 heteroatoms. The van der Waals surface area contributed by atoms with Gasteiger partial charge in [0.2, 0.25) is 0 Å². The maximum Gasteiger partial charge on any atom is 0.160 e. The Bertz CT molecular complexity index is 3850. The summed E-state index contributed by atoms with van der Waals surface area (Å²) in [6.07, 6.45) is 0. The Hall–Kier alpha value is -8.34. The molecule has 0 aliphatic heterocycles. The summed E-state index contributed by atoms with van der Waals surface area (Å²) >= 11 is 0. The van der Waals surface area contributed by atoms with Crippen LogP contribution < -0.4 is 0 Å². The largest absolute Gasteiger partial charge is 0.309 e. The van der Waals surface area contributed by atoms with E-state index in [1.165, 1.54) is 65.3 Å². The lowest BCUT2D eigenvalue weighted by molar-refractivity contribution is 1.18. The van der Waals surface area contributed by atoms with Crippen molar-refractivity contribution < 1.29 is 0 Å². The lowest BCUT2D eigenvalue weighted by Gasteiger charge is -2.14. The van der Waals surface area contributed by atoms with E-state index in [0.717, 1.165) is 50.1 Å². The SMILES string of the molecule is c1ccc(-c2cc(-c3ccccc3)nc(-c3ccc4c(-n5c6ccccc6c6cc7c8c9ccccc9ccc8n(-c8cccc9ccccc89)c7cc65)cccc4c3)n2)cc1. The van der Waals surface area contributed by atoms with Crippen LogP contribution in [0.2, 0.25) is 0 Å². The van der Waals surface area contributed by atoms with Crippen LogP contribution in [-0.4, -0.2) is 19.1 Å². The van der Waals surface area contributed by atoms with Gasteiger partial charge in [-0.05, 0) is 70.1 Å². The van der Waals surface area contributed by atoms with Crippen molar-refractivity contribution in [3.8, 4) is 45.3 Å². The van der Waals surface area contributed by atoms with Crippen molar-refractivity contribution in [2.45, 2.75) is 0 Å². The van der Waals surface area contributed by atoms with Gasteiger partial charge >= 0.3 is 0 Å². The first-order valence-electron chi connectivity index (χ1n) is 21.2. The van der Waals surface area contributed by atoms with Gasteiger partial charge in [-0.15, -0.1) is 0 Å². The van der Waals surface area contributed by atoms with Crippen molar-refractivity contribution in [2.24, 2.45) is 0 Å². The van der Waals surface area contributed by atoms with E-state index in [1.54, 1.807) is 0 Å². The Morgan fingerprint density at radius 1 is 0.274 bits per heavy atom. The molecule has 0 amide bonds. The van der Waals surface area contributed by atoms with Crippen molar-refractivity contribution in [3.05, 3.63) is 218 Å². The zero-order valence-corrected chi connectivity index (χ0v) is 33.6. The third-order valence-corrected chi connectivity index (χ3v) is 12.7. The molecule has 0 bridgehead atoms. The maximum atomic E-state index is 5.16. The van der Waals surface area contributed by atoms with Gasteiger partial charge in [0.15, 0.2) is 5.82 Å². The van der Waals surface area contributed by atoms with Crippen LogP contribution in [0.15, 0.2) is 218 Å². The third kappa shape index (κ3) is 5.27. The topological polar surface area (TPSA) is 35.6 Å². The number of benzene rings is 10. The van der Waals surface area contributed by atoms with Gasteiger partial charge in [-0.25, -0.2) is 9.97 Å². The molecule has 0 spiro atoms. The van der Waals surface area contributed by atoms with Crippen molar-refractivity contribution >= 4 is 75.9 Å². The molecule has 13 aromatic rings. The fourth-order valence-corrected chi connectivity index (χ4v) is 9.86. The predicted octanol–water partition coefficient (Wildman–Crippen LogP) is 15.1. The number of nitrogens with zero attached hydrogens (tertiary/aromatic N) is 4. The standard InChI is InChI=1S/C58H36N4/c1-3-17-39(18-4-1)49-35-50(40-19-5-2-6-20-40)60-58(59-49)42-29-31-44-41(33-42)22-14-28-52(44)61-53-26-12-11-25-46(53)47-34-48-56(36-55(47)61)62(51-27-13-21-37-15-7-9-23-43(37)51)54-32-30-38-16-8-10-24-45(38)57(48)54/h1-36H. The highest BCUT2D eigenvalue weighted by molar-refractivity contribution is 6.26. The number of aromatic nitrogens is 4. The van der Waals surface area contributed by atoms with Crippen LogP contribution in [0, 0.1) is 0 Å². The molecule has 0 fully saturated rings. The molecule has 3 heterocycles. The van der Waals surface area contributed by atoms with Gasteiger partial charge < -0.3 is 9.13 Å². The first-order valence-corrected chi connectivity index (χ1v) is 21.2. The molecule has 0 aliphatic carbocycles. The second-order valence-electron chi connectivity index (χ2n) is 16.2. The summed E-state index contributed by atoms with van der Waals surface area (Å²) in [6, 6.07) is 78.6. The Balaban J connectivity index is 1.06. The van der Waals surface area contributed by atoms with Crippen molar-refractivity contribution in [1.29, 1.82) is 0 Å². The van der Waals surface area contributed by atoms with E-state index in [0.29, 0.717) is 5.82 Å². The Labute approximate surface area is 357 Å². The summed E-state index contributed by atoms with van der Waals surface area (Å²) in [5, 5.41) is 12.2. The Morgan fingerprint density at radius 2 is 0.823 bits per heavy atom. The molecule has 0 saturated carbocycles. The first-order chi connectivity index (χ1) is 30.7. The molecule has 0 saturated heterocycles. The van der Waals surface area contributed by atoms with Crippen LogP contribution in [0.3, 0.4) is 0 Å². The molecule has 0 N–H and O–H groups in total. The molecule has 288 valence electrons. The molecular formula is C58H36N4. The molecule has 0 radical (unpaired) electrons. The monoisotopic (exact) mass is 788 g/mol. The normalized spacial score (nSPS) is 11.9. The van der Waals surface area contributed by atoms with E-state index >= 15 is 0 Å². The van der Waals surface area contributed by atoms with Crippen LogP contribution in [0.25, 0.3) is 121 Å². The van der Waals surface area contributed by atoms with Gasteiger partial charge in [0.1, 0.15) is 0 Å². The molecule has 3 aromatic heterocycles. The fraction of sp³-hybridized carbons (Fsp3) is 0. The summed E-state index contributed by atoms with van der Waals surface area (Å²) < 4.78 is 4.96. The Kier molecular flexibility index (Phi) is 7.57. The summed E-state index contributed by atoms with van der Waals surface area (Å²) in [4.78, 5) is 10.3. The highest BCUT2D eigenvalue weighted by Crippen LogP contribution is 2.43. The van der Waals surface area contributed by atoms with Gasteiger partial charge in [0.25, 0.3) is 0 Å². The number of hydrogen-bond donors (Lipinski definition) is 0. The second kappa shape index (κ2) is 13.6. The van der Waals surface area contributed by atoms with Crippen LogP contribution in [0.4, 0.5) is 0 Å². The highest BCUT2D eigenvalue weighted by Gasteiger charge is 2.22. The summed E-state index contributed by atoms with van der Waals surface area (Å²) in [5.41, 5.74) is 11.9. The van der Waals surface area contributed by atoms with Crippen molar-refractivity contribution in [3.63, 3.8) is 0 Å². The summed E-state index contributed by atoms with van der Waals surface area (Å²) in [5.74, 6) is 0.700. The number of para-hydroxylation sites is 1. The minimum Gasteiger partial charge on any atom is -0.309 e. The highest BCUT2D eigenvalue weighted by atomic mass is 15.0. The van der Waals surface area contributed by atoms with E-state index < -0.39 is 0 Å². The molecule has 13 rings (SSSR count). The Morgan fingerprint density at radius 3 is 1.55 bits per heavy atom. The average Bonchev–Trinajstić information content (AvgIpc) is 3.85. The lowest BCUT2D eigenvalue weighted by Crippen LogP contribution is -1.98. The second-order valence-corrected chi connectivity index (χ2v) is 16.2. The number of rotatable bonds is 5. The number of hydrogen-bond acceptors (Lipinski definition) is 2. The van der Waals surface area contributed by atoms with Crippen LogP contribution in [0.5, 0.6) is 0 Å². The first kappa shape index (κ1) is 34.5. The fourth-order valence-electron chi connectivity index (χ4n) is 9.86. The third-order valence-electron chi connectivity index (χ3n) is 12.7. The quantitative estimate of drug-likeness (QED) is 0.174. The average molecular weight is 789 g/mol. The van der Waals surface area contributed by atoms with Crippen molar-refractivity contribution in [1.82, 2.24) is 19.1 Å². The minimum absolute atomic E-state index is 0.700. The van der Waals surface area contributed by atoms with Crippen LogP contribution >= 0.6 is 0 Å². The number of fused-ring (bicyclic) bond motifs is 10. The molecule has 0 aliphatic rings. The minimum atomic E-state index is 0.700. The molecule has 10 aromatic carbocycles. The maximum absolute atomic E-state index is 5.16.